The lowest BCUT2D eigenvalue weighted by atomic mass is 9.89. The van der Waals surface area contributed by atoms with Crippen LogP contribution in [0.3, 0.4) is 0 Å². The summed E-state index contributed by atoms with van der Waals surface area (Å²) in [5.74, 6) is 1.15. The molecule has 4 heteroatoms. The maximum Gasteiger partial charge on any atom is 0.237 e. The van der Waals surface area contributed by atoms with E-state index in [0.29, 0.717) is 11.8 Å². The lowest BCUT2D eigenvalue weighted by Gasteiger charge is -2.29. The highest BCUT2D eigenvalue weighted by molar-refractivity contribution is 5.81. The van der Waals surface area contributed by atoms with Gasteiger partial charge in [0, 0.05) is 13.1 Å². The quantitative estimate of drug-likeness (QED) is 0.790. The van der Waals surface area contributed by atoms with Crippen molar-refractivity contribution in [2.75, 3.05) is 20.1 Å². The summed E-state index contributed by atoms with van der Waals surface area (Å²) in [5.41, 5.74) is 0. The summed E-state index contributed by atoms with van der Waals surface area (Å²) in [6, 6.07) is -0.110. The first-order valence-corrected chi connectivity index (χ1v) is 8.74. The van der Waals surface area contributed by atoms with Gasteiger partial charge in [-0.05, 0) is 51.5 Å². The van der Waals surface area contributed by atoms with E-state index in [4.69, 9.17) is 0 Å². The Balaban J connectivity index is 1.70. The summed E-state index contributed by atoms with van der Waals surface area (Å²) < 4.78 is 0. The number of carbonyl (C=O) groups is 1. The van der Waals surface area contributed by atoms with Gasteiger partial charge in [-0.2, -0.15) is 0 Å². The van der Waals surface area contributed by atoms with E-state index < -0.39 is 0 Å². The molecule has 0 aromatic heterocycles. The lowest BCUT2D eigenvalue weighted by molar-refractivity contribution is -0.126. The van der Waals surface area contributed by atoms with Crippen molar-refractivity contribution in [2.24, 2.45) is 11.8 Å². The van der Waals surface area contributed by atoms with Gasteiger partial charge in [0.05, 0.1) is 12.1 Å². The minimum atomic E-state index is -0.176. The second-order valence-corrected chi connectivity index (χ2v) is 7.12. The zero-order valence-electron chi connectivity index (χ0n) is 13.7. The molecule has 2 aliphatic rings. The molecule has 0 bridgehead atoms. The molecule has 0 saturated heterocycles. The summed E-state index contributed by atoms with van der Waals surface area (Å²) in [7, 11) is 2.00. The zero-order valence-corrected chi connectivity index (χ0v) is 13.7. The number of aliphatic hydroxyl groups is 1. The van der Waals surface area contributed by atoms with E-state index in [-0.39, 0.29) is 18.1 Å². The van der Waals surface area contributed by atoms with Crippen LogP contribution in [0, 0.1) is 11.8 Å². The van der Waals surface area contributed by atoms with Crippen molar-refractivity contribution < 1.29 is 9.90 Å². The Kier molecular flexibility index (Phi) is 6.49. The summed E-state index contributed by atoms with van der Waals surface area (Å²) >= 11 is 0. The standard InChI is InChI=1S/C17H32N2O2/c1-13(19(2)12-15-9-6-10-16(15)20)17(21)18-11-14-7-4-3-5-8-14/h13-16,20H,3-12H2,1-2H3,(H,18,21). The fourth-order valence-corrected chi connectivity index (χ4v) is 3.74. The summed E-state index contributed by atoms with van der Waals surface area (Å²) in [5, 5.41) is 13.0. The fourth-order valence-electron chi connectivity index (χ4n) is 3.74. The highest BCUT2D eigenvalue weighted by atomic mass is 16.3. The van der Waals surface area contributed by atoms with Gasteiger partial charge in [0.25, 0.3) is 0 Å². The molecule has 0 aliphatic heterocycles. The summed E-state index contributed by atoms with van der Waals surface area (Å²) in [4.78, 5) is 14.4. The molecule has 2 saturated carbocycles. The molecular weight excluding hydrogens is 264 g/mol. The predicted molar refractivity (Wildman–Crippen MR) is 85.0 cm³/mol. The van der Waals surface area contributed by atoms with E-state index >= 15 is 0 Å². The van der Waals surface area contributed by atoms with Crippen LogP contribution in [0.2, 0.25) is 0 Å². The van der Waals surface area contributed by atoms with Gasteiger partial charge in [-0.25, -0.2) is 0 Å². The minimum absolute atomic E-state index is 0.110. The Hall–Kier alpha value is -0.610. The van der Waals surface area contributed by atoms with Gasteiger partial charge in [0.1, 0.15) is 0 Å². The number of amides is 1. The van der Waals surface area contributed by atoms with E-state index in [9.17, 15) is 9.90 Å². The molecule has 2 aliphatic carbocycles. The van der Waals surface area contributed by atoms with Crippen molar-refractivity contribution in [1.29, 1.82) is 0 Å². The van der Waals surface area contributed by atoms with Crippen LogP contribution < -0.4 is 5.32 Å². The first kappa shape index (κ1) is 16.8. The maximum atomic E-state index is 12.3. The van der Waals surface area contributed by atoms with E-state index in [0.717, 1.165) is 32.4 Å². The second-order valence-electron chi connectivity index (χ2n) is 7.12. The number of hydrogen-bond acceptors (Lipinski definition) is 3. The topological polar surface area (TPSA) is 52.6 Å². The largest absolute Gasteiger partial charge is 0.393 e. The van der Waals surface area contributed by atoms with Crippen molar-refractivity contribution in [2.45, 2.75) is 70.4 Å². The van der Waals surface area contributed by atoms with Crippen LogP contribution in [0.5, 0.6) is 0 Å². The van der Waals surface area contributed by atoms with Gasteiger partial charge >= 0.3 is 0 Å². The van der Waals surface area contributed by atoms with Crippen LogP contribution in [0.1, 0.15) is 58.3 Å². The van der Waals surface area contributed by atoms with Crippen LogP contribution in [0.4, 0.5) is 0 Å². The van der Waals surface area contributed by atoms with E-state index in [2.05, 4.69) is 10.2 Å². The van der Waals surface area contributed by atoms with Gasteiger partial charge in [0.15, 0.2) is 0 Å². The number of aliphatic hydroxyl groups excluding tert-OH is 1. The Morgan fingerprint density at radius 1 is 1.19 bits per heavy atom. The van der Waals surface area contributed by atoms with Gasteiger partial charge in [-0.15, -0.1) is 0 Å². The summed E-state index contributed by atoms with van der Waals surface area (Å²) in [6.07, 6.45) is 9.45. The van der Waals surface area contributed by atoms with Crippen molar-refractivity contribution in [3.63, 3.8) is 0 Å². The first-order chi connectivity index (χ1) is 10.1. The van der Waals surface area contributed by atoms with Crippen LogP contribution in [-0.2, 0) is 4.79 Å². The van der Waals surface area contributed by atoms with E-state index in [1.54, 1.807) is 0 Å². The lowest BCUT2D eigenvalue weighted by Crippen LogP contribution is -2.46. The molecular formula is C17H32N2O2. The minimum Gasteiger partial charge on any atom is -0.393 e. The number of nitrogens with one attached hydrogen (secondary N) is 1. The first-order valence-electron chi connectivity index (χ1n) is 8.74. The molecule has 3 unspecified atom stereocenters. The third kappa shape index (κ3) is 4.96. The number of carbonyl (C=O) groups excluding carboxylic acids is 1. The molecule has 2 N–H and O–H groups in total. The molecule has 0 radical (unpaired) electrons. The van der Waals surface area contributed by atoms with Gasteiger partial charge in [-0.3, -0.25) is 9.69 Å². The normalized spacial score (nSPS) is 28.8. The monoisotopic (exact) mass is 296 g/mol. The Morgan fingerprint density at radius 3 is 2.52 bits per heavy atom. The highest BCUT2D eigenvalue weighted by Crippen LogP contribution is 2.26. The number of likely N-dealkylation sites (N-methyl/N-ethyl adjacent to an activating group) is 1. The van der Waals surface area contributed by atoms with Crippen LogP contribution >= 0.6 is 0 Å². The number of nitrogens with zero attached hydrogens (tertiary/aromatic N) is 1. The van der Waals surface area contributed by atoms with Crippen molar-refractivity contribution in [1.82, 2.24) is 10.2 Å². The zero-order chi connectivity index (χ0) is 15.2. The fraction of sp³-hybridized carbons (Fsp3) is 0.941. The number of hydrogen-bond donors (Lipinski definition) is 2. The average molecular weight is 296 g/mol. The molecule has 122 valence electrons. The molecule has 4 nitrogen and oxygen atoms in total. The number of rotatable bonds is 6. The third-order valence-electron chi connectivity index (χ3n) is 5.47. The van der Waals surface area contributed by atoms with Gasteiger partial charge in [0.2, 0.25) is 5.91 Å². The SMILES string of the molecule is CC(C(=O)NCC1CCCCC1)N(C)CC1CCCC1O. The average Bonchev–Trinajstić information content (AvgIpc) is 2.90. The van der Waals surface area contributed by atoms with Crippen molar-refractivity contribution in [3.05, 3.63) is 0 Å². The highest BCUT2D eigenvalue weighted by Gasteiger charge is 2.29. The van der Waals surface area contributed by atoms with E-state index in [1.807, 2.05) is 14.0 Å². The smallest absolute Gasteiger partial charge is 0.237 e. The van der Waals surface area contributed by atoms with Crippen LogP contribution in [0.15, 0.2) is 0 Å². The molecule has 3 atom stereocenters. The molecule has 1 amide bonds. The second kappa shape index (κ2) is 8.14. The molecule has 21 heavy (non-hydrogen) atoms. The molecule has 0 spiro atoms. The molecule has 2 fully saturated rings. The molecule has 0 aromatic rings. The van der Waals surface area contributed by atoms with Crippen LogP contribution in [0.25, 0.3) is 0 Å². The molecule has 0 aromatic carbocycles. The molecule has 2 rings (SSSR count). The van der Waals surface area contributed by atoms with E-state index in [1.165, 1.54) is 32.1 Å². The molecule has 0 heterocycles. The third-order valence-corrected chi connectivity index (χ3v) is 5.47. The van der Waals surface area contributed by atoms with Crippen LogP contribution in [-0.4, -0.2) is 48.2 Å². The Labute approximate surface area is 129 Å². The maximum absolute atomic E-state index is 12.3. The van der Waals surface area contributed by atoms with Gasteiger partial charge in [-0.1, -0.05) is 25.7 Å². The summed E-state index contributed by atoms with van der Waals surface area (Å²) in [6.45, 7) is 3.62. The van der Waals surface area contributed by atoms with Crippen molar-refractivity contribution in [3.8, 4) is 0 Å². The van der Waals surface area contributed by atoms with Gasteiger partial charge < -0.3 is 10.4 Å². The predicted octanol–water partition coefficient (Wildman–Crippen LogP) is 2.16. The Bertz CT molecular complexity index is 329. The Morgan fingerprint density at radius 2 is 1.90 bits per heavy atom. The van der Waals surface area contributed by atoms with Crippen molar-refractivity contribution >= 4 is 5.91 Å².